The molecule has 0 saturated carbocycles. The Labute approximate surface area is 96.6 Å². The number of rotatable bonds is 9. The SMILES string of the molecule is CCCNC(=O)CCNC(C)CCC(=O)O. The first-order valence-corrected chi connectivity index (χ1v) is 5.78. The van der Waals surface area contributed by atoms with Gasteiger partial charge in [0.1, 0.15) is 0 Å². The van der Waals surface area contributed by atoms with Crippen molar-refractivity contribution in [2.24, 2.45) is 0 Å². The maximum Gasteiger partial charge on any atom is 0.303 e. The molecule has 1 unspecified atom stereocenters. The summed E-state index contributed by atoms with van der Waals surface area (Å²) in [6.07, 6.45) is 2.13. The summed E-state index contributed by atoms with van der Waals surface area (Å²) in [6.45, 7) is 5.24. The molecule has 0 radical (unpaired) electrons. The summed E-state index contributed by atoms with van der Waals surface area (Å²) >= 11 is 0. The van der Waals surface area contributed by atoms with Crippen molar-refractivity contribution in [3.63, 3.8) is 0 Å². The quantitative estimate of drug-likeness (QED) is 0.546. The lowest BCUT2D eigenvalue weighted by Crippen LogP contribution is -2.32. The van der Waals surface area contributed by atoms with Crippen LogP contribution in [0.4, 0.5) is 0 Å². The summed E-state index contributed by atoms with van der Waals surface area (Å²) in [5.74, 6) is -0.742. The second kappa shape index (κ2) is 9.15. The van der Waals surface area contributed by atoms with E-state index in [0.717, 1.165) is 6.42 Å². The normalized spacial score (nSPS) is 12.1. The topological polar surface area (TPSA) is 78.4 Å². The third-order valence-electron chi connectivity index (χ3n) is 2.21. The van der Waals surface area contributed by atoms with E-state index < -0.39 is 5.97 Å². The third kappa shape index (κ3) is 9.45. The van der Waals surface area contributed by atoms with Crippen molar-refractivity contribution in [3.8, 4) is 0 Å². The second-order valence-electron chi connectivity index (χ2n) is 3.89. The van der Waals surface area contributed by atoms with E-state index in [4.69, 9.17) is 5.11 Å². The van der Waals surface area contributed by atoms with Crippen LogP contribution < -0.4 is 10.6 Å². The molecule has 16 heavy (non-hydrogen) atoms. The summed E-state index contributed by atoms with van der Waals surface area (Å²) < 4.78 is 0. The number of hydrogen-bond donors (Lipinski definition) is 3. The minimum atomic E-state index is -0.783. The molecule has 1 atom stereocenters. The minimum Gasteiger partial charge on any atom is -0.481 e. The van der Waals surface area contributed by atoms with Crippen molar-refractivity contribution in [2.75, 3.05) is 13.1 Å². The van der Waals surface area contributed by atoms with Gasteiger partial charge in [-0.05, 0) is 19.8 Å². The van der Waals surface area contributed by atoms with E-state index in [1.165, 1.54) is 0 Å². The van der Waals surface area contributed by atoms with Crippen LogP contribution in [0.3, 0.4) is 0 Å². The first-order chi connectivity index (χ1) is 7.56. The zero-order valence-corrected chi connectivity index (χ0v) is 10.1. The maximum absolute atomic E-state index is 11.2. The van der Waals surface area contributed by atoms with E-state index in [1.807, 2.05) is 13.8 Å². The molecule has 0 aliphatic heterocycles. The molecule has 0 rings (SSSR count). The number of carboxylic acid groups (broad SMARTS) is 1. The Morgan fingerprint density at radius 3 is 2.50 bits per heavy atom. The minimum absolute atomic E-state index is 0.0415. The van der Waals surface area contributed by atoms with Crippen LogP contribution in [0, 0.1) is 0 Å². The highest BCUT2D eigenvalue weighted by Crippen LogP contribution is 1.96. The van der Waals surface area contributed by atoms with Crippen LogP contribution in [-0.2, 0) is 9.59 Å². The zero-order chi connectivity index (χ0) is 12.4. The van der Waals surface area contributed by atoms with Gasteiger partial charge in [-0.2, -0.15) is 0 Å². The van der Waals surface area contributed by atoms with Gasteiger partial charge in [0.2, 0.25) is 5.91 Å². The molecule has 3 N–H and O–H groups in total. The van der Waals surface area contributed by atoms with Crippen molar-refractivity contribution < 1.29 is 14.7 Å². The molecule has 94 valence electrons. The van der Waals surface area contributed by atoms with Gasteiger partial charge in [-0.3, -0.25) is 9.59 Å². The molecule has 5 nitrogen and oxygen atoms in total. The van der Waals surface area contributed by atoms with Gasteiger partial charge in [-0.25, -0.2) is 0 Å². The molecular formula is C11H22N2O3. The van der Waals surface area contributed by atoms with Crippen LogP contribution in [0.25, 0.3) is 0 Å². The lowest BCUT2D eigenvalue weighted by atomic mass is 10.2. The van der Waals surface area contributed by atoms with E-state index in [0.29, 0.717) is 25.9 Å². The lowest BCUT2D eigenvalue weighted by molar-refractivity contribution is -0.137. The fraction of sp³-hybridized carbons (Fsp3) is 0.818. The summed E-state index contributed by atoms with van der Waals surface area (Å²) in [6, 6.07) is 0.134. The van der Waals surface area contributed by atoms with Crippen LogP contribution in [0.2, 0.25) is 0 Å². The molecule has 5 heteroatoms. The Kier molecular flexibility index (Phi) is 8.52. The van der Waals surface area contributed by atoms with Crippen molar-refractivity contribution in [1.29, 1.82) is 0 Å². The first kappa shape index (κ1) is 14.9. The zero-order valence-electron chi connectivity index (χ0n) is 10.1. The Balaban J connectivity index is 3.42. The van der Waals surface area contributed by atoms with Crippen LogP contribution in [0.1, 0.15) is 39.5 Å². The number of hydrogen-bond acceptors (Lipinski definition) is 3. The molecule has 1 amide bonds. The number of nitrogens with one attached hydrogen (secondary N) is 2. The number of amides is 1. The molecule has 0 fully saturated rings. The van der Waals surface area contributed by atoms with Crippen molar-refractivity contribution in [2.45, 2.75) is 45.6 Å². The van der Waals surface area contributed by atoms with Crippen molar-refractivity contribution >= 4 is 11.9 Å². The molecule has 0 saturated heterocycles. The first-order valence-electron chi connectivity index (χ1n) is 5.78. The van der Waals surface area contributed by atoms with Gasteiger partial charge in [-0.1, -0.05) is 6.92 Å². The molecular weight excluding hydrogens is 208 g/mol. The van der Waals surface area contributed by atoms with Gasteiger partial charge in [-0.15, -0.1) is 0 Å². The van der Waals surface area contributed by atoms with Gasteiger partial charge < -0.3 is 15.7 Å². The molecule has 0 aromatic carbocycles. The Morgan fingerprint density at radius 2 is 1.94 bits per heavy atom. The van der Waals surface area contributed by atoms with E-state index in [2.05, 4.69) is 10.6 Å². The number of carbonyl (C=O) groups is 2. The van der Waals surface area contributed by atoms with Crippen molar-refractivity contribution in [3.05, 3.63) is 0 Å². The lowest BCUT2D eigenvalue weighted by Gasteiger charge is -2.12. The average molecular weight is 230 g/mol. The maximum atomic E-state index is 11.2. The molecule has 0 aromatic rings. The van der Waals surface area contributed by atoms with Crippen molar-refractivity contribution in [1.82, 2.24) is 10.6 Å². The average Bonchev–Trinajstić information content (AvgIpc) is 2.23. The molecule has 0 aliphatic carbocycles. The number of carbonyl (C=O) groups excluding carboxylic acids is 1. The molecule has 0 aliphatic rings. The number of aliphatic carboxylic acids is 1. The van der Waals surface area contributed by atoms with Gasteiger partial charge in [0.25, 0.3) is 0 Å². The van der Waals surface area contributed by atoms with Gasteiger partial charge in [0.15, 0.2) is 0 Å². The number of carboxylic acids is 1. The third-order valence-corrected chi connectivity index (χ3v) is 2.21. The summed E-state index contributed by atoms with van der Waals surface area (Å²) in [5, 5.41) is 14.4. The second-order valence-corrected chi connectivity index (χ2v) is 3.89. The summed E-state index contributed by atoms with van der Waals surface area (Å²) in [7, 11) is 0. The standard InChI is InChI=1S/C11H22N2O3/c1-3-7-13-10(14)6-8-12-9(2)4-5-11(15)16/h9,12H,3-8H2,1-2H3,(H,13,14)(H,15,16). The van der Waals surface area contributed by atoms with Gasteiger partial charge in [0, 0.05) is 32.0 Å². The van der Waals surface area contributed by atoms with E-state index in [-0.39, 0.29) is 18.4 Å². The highest BCUT2D eigenvalue weighted by atomic mass is 16.4. The van der Waals surface area contributed by atoms with Crippen LogP contribution in [0.5, 0.6) is 0 Å². The van der Waals surface area contributed by atoms with E-state index in [1.54, 1.807) is 0 Å². The molecule has 0 bridgehead atoms. The Morgan fingerprint density at radius 1 is 1.25 bits per heavy atom. The highest BCUT2D eigenvalue weighted by Gasteiger charge is 2.05. The predicted octanol–water partition coefficient (Wildman–Crippen LogP) is 0.746. The van der Waals surface area contributed by atoms with E-state index in [9.17, 15) is 9.59 Å². The molecule has 0 spiro atoms. The van der Waals surface area contributed by atoms with Crippen LogP contribution in [0.15, 0.2) is 0 Å². The Hall–Kier alpha value is -1.10. The fourth-order valence-corrected chi connectivity index (χ4v) is 1.23. The largest absolute Gasteiger partial charge is 0.481 e. The van der Waals surface area contributed by atoms with E-state index >= 15 is 0 Å². The van der Waals surface area contributed by atoms with Crippen LogP contribution >= 0.6 is 0 Å². The smallest absolute Gasteiger partial charge is 0.303 e. The Bertz CT molecular complexity index is 219. The van der Waals surface area contributed by atoms with Gasteiger partial charge >= 0.3 is 5.97 Å². The summed E-state index contributed by atoms with van der Waals surface area (Å²) in [5.41, 5.74) is 0. The molecule has 0 aromatic heterocycles. The van der Waals surface area contributed by atoms with Crippen LogP contribution in [-0.4, -0.2) is 36.1 Å². The highest BCUT2D eigenvalue weighted by molar-refractivity contribution is 5.75. The molecule has 0 heterocycles. The predicted molar refractivity (Wildman–Crippen MR) is 62.3 cm³/mol. The summed E-state index contributed by atoms with van der Waals surface area (Å²) in [4.78, 5) is 21.5. The van der Waals surface area contributed by atoms with Gasteiger partial charge in [0.05, 0.1) is 0 Å². The monoisotopic (exact) mass is 230 g/mol. The fourth-order valence-electron chi connectivity index (χ4n) is 1.23.